The molecule has 2 aromatic carbocycles. The SMILES string of the molecule is NC(=O)C[C@@H](NC(=O)c1ccc2noc(-c3ccccc3)c2c1)C(=O)O. The van der Waals surface area contributed by atoms with Gasteiger partial charge in [0.2, 0.25) is 5.91 Å². The van der Waals surface area contributed by atoms with Gasteiger partial charge in [-0.05, 0) is 18.2 Å². The van der Waals surface area contributed by atoms with Crippen LogP contribution in [-0.2, 0) is 9.59 Å². The monoisotopic (exact) mass is 353 g/mol. The molecule has 0 aliphatic carbocycles. The first-order chi connectivity index (χ1) is 12.5. The van der Waals surface area contributed by atoms with Gasteiger partial charge >= 0.3 is 5.97 Å². The van der Waals surface area contributed by atoms with E-state index in [1.54, 1.807) is 12.1 Å². The van der Waals surface area contributed by atoms with E-state index < -0.39 is 30.2 Å². The van der Waals surface area contributed by atoms with Crippen molar-refractivity contribution in [2.24, 2.45) is 5.73 Å². The van der Waals surface area contributed by atoms with Crippen molar-refractivity contribution in [3.8, 4) is 11.3 Å². The predicted molar refractivity (Wildman–Crippen MR) is 92.1 cm³/mol. The first kappa shape index (κ1) is 17.2. The maximum atomic E-state index is 12.4. The summed E-state index contributed by atoms with van der Waals surface area (Å²) in [5.41, 5.74) is 6.59. The van der Waals surface area contributed by atoms with E-state index in [4.69, 9.17) is 15.4 Å². The van der Waals surface area contributed by atoms with Gasteiger partial charge in [-0.15, -0.1) is 0 Å². The van der Waals surface area contributed by atoms with E-state index in [0.29, 0.717) is 16.7 Å². The second kappa shape index (κ2) is 7.06. The molecule has 1 atom stereocenters. The van der Waals surface area contributed by atoms with Gasteiger partial charge in [0.05, 0.1) is 11.8 Å². The van der Waals surface area contributed by atoms with E-state index in [1.807, 2.05) is 30.3 Å². The Morgan fingerprint density at radius 2 is 1.88 bits per heavy atom. The molecule has 0 saturated carbocycles. The molecule has 0 bridgehead atoms. The van der Waals surface area contributed by atoms with E-state index in [0.717, 1.165) is 5.56 Å². The zero-order valence-electron chi connectivity index (χ0n) is 13.5. The van der Waals surface area contributed by atoms with Crippen LogP contribution in [0.25, 0.3) is 22.2 Å². The summed E-state index contributed by atoms with van der Waals surface area (Å²) in [6.45, 7) is 0. The minimum absolute atomic E-state index is 0.216. The number of fused-ring (bicyclic) bond motifs is 1. The fraction of sp³-hybridized carbons (Fsp3) is 0.111. The Balaban J connectivity index is 1.92. The maximum Gasteiger partial charge on any atom is 0.326 e. The Labute approximate surface area is 147 Å². The standard InChI is InChI=1S/C18H15N3O5/c19-15(22)9-14(18(24)25)20-17(23)11-6-7-13-12(8-11)16(26-21-13)10-4-2-1-3-5-10/h1-8,14H,9H2,(H2,19,22)(H,20,23)(H,24,25)/t14-/m1/s1. The summed E-state index contributed by atoms with van der Waals surface area (Å²) in [5.74, 6) is -2.30. The smallest absolute Gasteiger partial charge is 0.326 e. The number of hydrogen-bond acceptors (Lipinski definition) is 5. The van der Waals surface area contributed by atoms with Crippen molar-refractivity contribution >= 4 is 28.7 Å². The summed E-state index contributed by atoms with van der Waals surface area (Å²) in [6, 6.07) is 12.5. The number of carbonyl (C=O) groups excluding carboxylic acids is 2. The number of carboxylic acids is 1. The Morgan fingerprint density at radius 1 is 1.15 bits per heavy atom. The molecule has 1 heterocycles. The Kier molecular flexibility index (Phi) is 4.66. The molecular weight excluding hydrogens is 338 g/mol. The van der Waals surface area contributed by atoms with Gasteiger partial charge in [-0.2, -0.15) is 0 Å². The number of carbonyl (C=O) groups is 3. The van der Waals surface area contributed by atoms with Crippen LogP contribution < -0.4 is 11.1 Å². The van der Waals surface area contributed by atoms with Gasteiger partial charge in [-0.25, -0.2) is 4.79 Å². The van der Waals surface area contributed by atoms with Gasteiger partial charge in [0.1, 0.15) is 11.6 Å². The largest absolute Gasteiger partial charge is 0.480 e. The van der Waals surface area contributed by atoms with Crippen LogP contribution in [0, 0.1) is 0 Å². The normalized spacial score (nSPS) is 11.8. The van der Waals surface area contributed by atoms with Crippen LogP contribution in [0.15, 0.2) is 53.1 Å². The van der Waals surface area contributed by atoms with Crippen molar-refractivity contribution in [2.45, 2.75) is 12.5 Å². The Morgan fingerprint density at radius 3 is 2.54 bits per heavy atom. The number of benzene rings is 2. The summed E-state index contributed by atoms with van der Waals surface area (Å²) < 4.78 is 5.37. The van der Waals surface area contributed by atoms with Crippen LogP contribution >= 0.6 is 0 Å². The van der Waals surface area contributed by atoms with Gasteiger partial charge < -0.3 is 20.7 Å². The molecule has 0 unspecified atom stereocenters. The summed E-state index contributed by atoms with van der Waals surface area (Å²) in [7, 11) is 0. The maximum absolute atomic E-state index is 12.4. The zero-order valence-corrected chi connectivity index (χ0v) is 13.5. The van der Waals surface area contributed by atoms with Crippen molar-refractivity contribution in [3.63, 3.8) is 0 Å². The number of hydrogen-bond donors (Lipinski definition) is 3. The molecule has 1 aromatic heterocycles. The second-order valence-corrected chi connectivity index (χ2v) is 5.64. The molecule has 0 aliphatic rings. The van der Waals surface area contributed by atoms with Crippen molar-refractivity contribution in [2.75, 3.05) is 0 Å². The van der Waals surface area contributed by atoms with Crippen molar-refractivity contribution in [3.05, 3.63) is 54.1 Å². The quantitative estimate of drug-likeness (QED) is 0.615. The van der Waals surface area contributed by atoms with E-state index in [-0.39, 0.29) is 5.56 Å². The zero-order chi connectivity index (χ0) is 18.7. The number of aliphatic carboxylic acids is 1. The van der Waals surface area contributed by atoms with E-state index >= 15 is 0 Å². The van der Waals surface area contributed by atoms with Gasteiger partial charge in [0, 0.05) is 11.1 Å². The molecule has 4 N–H and O–H groups in total. The molecule has 3 rings (SSSR count). The topological polar surface area (TPSA) is 136 Å². The number of rotatable bonds is 6. The third-order valence-electron chi connectivity index (χ3n) is 3.78. The molecule has 26 heavy (non-hydrogen) atoms. The lowest BCUT2D eigenvalue weighted by Gasteiger charge is -2.12. The van der Waals surface area contributed by atoms with Crippen LogP contribution in [0.5, 0.6) is 0 Å². The lowest BCUT2D eigenvalue weighted by molar-refractivity contribution is -0.140. The molecule has 132 valence electrons. The highest BCUT2D eigenvalue weighted by atomic mass is 16.5. The molecule has 0 aliphatic heterocycles. The summed E-state index contributed by atoms with van der Waals surface area (Å²) in [5, 5.41) is 16.0. The second-order valence-electron chi connectivity index (χ2n) is 5.64. The first-order valence-corrected chi connectivity index (χ1v) is 7.72. The molecule has 0 spiro atoms. The first-order valence-electron chi connectivity index (χ1n) is 7.72. The summed E-state index contributed by atoms with van der Waals surface area (Å²) in [6.07, 6.45) is -0.494. The lowest BCUT2D eigenvalue weighted by atomic mass is 10.1. The van der Waals surface area contributed by atoms with E-state index in [1.165, 1.54) is 6.07 Å². The third-order valence-corrected chi connectivity index (χ3v) is 3.78. The Bertz CT molecular complexity index is 981. The number of carboxylic acid groups (broad SMARTS) is 1. The van der Waals surface area contributed by atoms with Crippen molar-refractivity contribution < 1.29 is 24.0 Å². The van der Waals surface area contributed by atoms with E-state index in [2.05, 4.69) is 10.5 Å². The highest BCUT2D eigenvalue weighted by Crippen LogP contribution is 2.29. The molecule has 8 heteroatoms. The highest BCUT2D eigenvalue weighted by Gasteiger charge is 2.23. The van der Waals surface area contributed by atoms with Crippen LogP contribution in [0.3, 0.4) is 0 Å². The predicted octanol–water partition coefficient (Wildman–Crippen LogP) is 1.55. The minimum atomic E-state index is -1.40. The number of primary amides is 1. The average molecular weight is 353 g/mol. The molecule has 8 nitrogen and oxygen atoms in total. The fourth-order valence-corrected chi connectivity index (χ4v) is 2.52. The minimum Gasteiger partial charge on any atom is -0.480 e. The van der Waals surface area contributed by atoms with Gasteiger partial charge in [-0.3, -0.25) is 9.59 Å². The third kappa shape index (κ3) is 3.54. The van der Waals surface area contributed by atoms with Gasteiger partial charge in [0.25, 0.3) is 5.91 Å². The van der Waals surface area contributed by atoms with Crippen LogP contribution in [0.2, 0.25) is 0 Å². The van der Waals surface area contributed by atoms with Gasteiger partial charge in [0.15, 0.2) is 5.76 Å². The number of nitrogens with two attached hydrogens (primary N) is 1. The lowest BCUT2D eigenvalue weighted by Crippen LogP contribution is -2.43. The number of nitrogens with zero attached hydrogens (tertiary/aromatic N) is 1. The van der Waals surface area contributed by atoms with Crippen molar-refractivity contribution in [1.29, 1.82) is 0 Å². The van der Waals surface area contributed by atoms with Gasteiger partial charge in [-0.1, -0.05) is 35.5 Å². The molecule has 2 amide bonds. The highest BCUT2D eigenvalue weighted by molar-refractivity contribution is 6.02. The number of nitrogens with one attached hydrogen (secondary N) is 1. The van der Waals surface area contributed by atoms with Crippen LogP contribution in [-0.4, -0.2) is 34.1 Å². The molecule has 0 saturated heterocycles. The summed E-state index contributed by atoms with van der Waals surface area (Å²) >= 11 is 0. The number of aromatic nitrogens is 1. The molecule has 0 fully saturated rings. The average Bonchev–Trinajstić information content (AvgIpc) is 3.04. The molecular formula is C18H15N3O5. The molecule has 3 aromatic rings. The fourth-order valence-electron chi connectivity index (χ4n) is 2.52. The number of amides is 2. The Hall–Kier alpha value is -3.68. The summed E-state index contributed by atoms with van der Waals surface area (Å²) in [4.78, 5) is 34.5. The molecule has 0 radical (unpaired) electrons. The van der Waals surface area contributed by atoms with Crippen LogP contribution in [0.1, 0.15) is 16.8 Å². The van der Waals surface area contributed by atoms with E-state index in [9.17, 15) is 14.4 Å². The van der Waals surface area contributed by atoms with Crippen molar-refractivity contribution in [1.82, 2.24) is 10.5 Å². The van der Waals surface area contributed by atoms with Crippen LogP contribution in [0.4, 0.5) is 0 Å².